The highest BCUT2D eigenvalue weighted by Crippen LogP contribution is 2.42. The van der Waals surface area contributed by atoms with E-state index in [2.05, 4.69) is 15.1 Å². The number of amides is 1. The Kier molecular flexibility index (Phi) is 7.61. The van der Waals surface area contributed by atoms with Gasteiger partial charge in [-0.2, -0.15) is 0 Å². The lowest BCUT2D eigenvalue weighted by atomic mass is 10.0. The third-order valence-electron chi connectivity index (χ3n) is 7.03. The maximum absolute atomic E-state index is 12.3. The molecule has 2 aromatic carbocycles. The first-order chi connectivity index (χ1) is 18.7. The summed E-state index contributed by atoms with van der Waals surface area (Å²) in [4.78, 5) is 16.5. The van der Waals surface area contributed by atoms with E-state index < -0.39 is 5.60 Å². The van der Waals surface area contributed by atoms with Gasteiger partial charge in [0.2, 0.25) is 0 Å². The van der Waals surface area contributed by atoms with Crippen molar-refractivity contribution >= 4 is 34.5 Å². The third-order valence-corrected chi connectivity index (χ3v) is 7.03. The molecule has 3 heterocycles. The van der Waals surface area contributed by atoms with Gasteiger partial charge in [-0.3, -0.25) is 4.90 Å². The van der Waals surface area contributed by atoms with E-state index in [-0.39, 0.29) is 11.8 Å². The van der Waals surface area contributed by atoms with Crippen molar-refractivity contribution in [1.82, 2.24) is 9.80 Å². The van der Waals surface area contributed by atoms with Gasteiger partial charge in [0.05, 0.1) is 23.9 Å². The fraction of sp³-hybridized carbons (Fsp3) is 0.433. The number of carbonyl (C=O) groups is 1. The normalized spacial score (nSPS) is 16.7. The lowest BCUT2D eigenvalue weighted by molar-refractivity contribution is 0.0144. The van der Waals surface area contributed by atoms with Gasteiger partial charge in [-0.25, -0.2) is 4.79 Å². The number of furan rings is 1. The summed E-state index contributed by atoms with van der Waals surface area (Å²) < 4.78 is 17.3. The van der Waals surface area contributed by atoms with Crippen LogP contribution >= 0.6 is 0 Å². The largest absolute Gasteiger partial charge is 0.504 e. The third kappa shape index (κ3) is 5.93. The average molecular weight is 533 g/mol. The van der Waals surface area contributed by atoms with Gasteiger partial charge in [0.15, 0.2) is 11.5 Å². The number of nitrogens with zero attached hydrogens (tertiary/aromatic N) is 4. The van der Waals surface area contributed by atoms with Crippen molar-refractivity contribution in [2.24, 2.45) is 10.2 Å². The van der Waals surface area contributed by atoms with Gasteiger partial charge in [0.25, 0.3) is 0 Å². The molecule has 2 aliphatic rings. The van der Waals surface area contributed by atoms with Crippen molar-refractivity contribution in [2.45, 2.75) is 45.6 Å². The van der Waals surface area contributed by atoms with Gasteiger partial charge in [0, 0.05) is 43.4 Å². The second kappa shape index (κ2) is 11.1. The fourth-order valence-electron chi connectivity index (χ4n) is 5.02. The van der Waals surface area contributed by atoms with Crippen molar-refractivity contribution in [1.29, 1.82) is 0 Å². The maximum Gasteiger partial charge on any atom is 0.410 e. The first kappa shape index (κ1) is 26.7. The number of piperazine rings is 1. The molecule has 0 atom stereocenters. The Bertz CT molecular complexity index is 1410. The van der Waals surface area contributed by atoms with Gasteiger partial charge in [-0.15, -0.1) is 10.2 Å². The Hall–Kier alpha value is -3.85. The monoisotopic (exact) mass is 532 g/mol. The number of unbranched alkanes of at least 4 members (excludes halogenated alkanes) is 1. The average Bonchev–Trinajstić information content (AvgIpc) is 3.47. The summed E-state index contributed by atoms with van der Waals surface area (Å²) in [6.07, 6.45) is 4.18. The van der Waals surface area contributed by atoms with Crippen molar-refractivity contribution in [3.8, 4) is 11.5 Å². The number of benzene rings is 2. The summed E-state index contributed by atoms with van der Waals surface area (Å²) in [5.74, 6) is 1.18. The summed E-state index contributed by atoms with van der Waals surface area (Å²) >= 11 is 0. The molecule has 0 spiro atoms. The zero-order valence-corrected chi connectivity index (χ0v) is 23.1. The molecule has 9 heteroatoms. The molecule has 1 aromatic heterocycles. The highest BCUT2D eigenvalue weighted by Gasteiger charge is 2.26. The van der Waals surface area contributed by atoms with Crippen LogP contribution in [-0.2, 0) is 11.2 Å². The highest BCUT2D eigenvalue weighted by atomic mass is 16.6. The highest BCUT2D eigenvalue weighted by molar-refractivity contribution is 5.95. The summed E-state index contributed by atoms with van der Waals surface area (Å²) in [5, 5.41) is 20.1. The van der Waals surface area contributed by atoms with Gasteiger partial charge >= 0.3 is 6.09 Å². The Labute approximate surface area is 228 Å². The predicted molar refractivity (Wildman–Crippen MR) is 150 cm³/mol. The van der Waals surface area contributed by atoms with Crippen LogP contribution in [0.1, 0.15) is 50.5 Å². The minimum atomic E-state index is -0.479. The van der Waals surface area contributed by atoms with Crippen LogP contribution in [0.3, 0.4) is 0 Å². The maximum atomic E-state index is 12.3. The smallest absolute Gasteiger partial charge is 0.410 e. The van der Waals surface area contributed by atoms with Crippen molar-refractivity contribution in [3.05, 3.63) is 53.3 Å². The molecule has 1 N–H and O–H groups in total. The molecule has 0 radical (unpaired) electrons. The van der Waals surface area contributed by atoms with Crippen LogP contribution in [0.2, 0.25) is 0 Å². The minimum Gasteiger partial charge on any atom is -0.504 e. The van der Waals surface area contributed by atoms with E-state index in [4.69, 9.17) is 13.9 Å². The van der Waals surface area contributed by atoms with Gasteiger partial charge < -0.3 is 23.9 Å². The Morgan fingerprint density at radius 3 is 2.59 bits per heavy atom. The summed E-state index contributed by atoms with van der Waals surface area (Å²) in [7, 11) is 1.65. The molecule has 0 bridgehead atoms. The standard InChI is InChI=1S/C30H36N4O5/c1-30(2,3)39-29(36)34-17-15-33(16-18-34)14-8-7-10-21-25(37-4)13-12-22-27(35)26(38-28(21)22)19-24-20-9-5-6-11-23(20)31-32-24/h5-6,9,11-13,19,35H,7-8,10,14-18H2,1-4H3. The predicted octanol–water partition coefficient (Wildman–Crippen LogP) is 6.62. The van der Waals surface area contributed by atoms with Gasteiger partial charge in [-0.1, -0.05) is 18.2 Å². The van der Waals surface area contributed by atoms with Crippen LogP contribution in [0, 0.1) is 0 Å². The van der Waals surface area contributed by atoms with Gasteiger partial charge in [0.1, 0.15) is 16.9 Å². The number of carbonyl (C=O) groups excluding carboxylic acids is 1. The zero-order valence-electron chi connectivity index (χ0n) is 23.1. The number of aromatic hydroxyl groups is 1. The summed E-state index contributed by atoms with van der Waals surface area (Å²) in [5.41, 5.74) is 3.45. The second-order valence-electron chi connectivity index (χ2n) is 11.0. The number of methoxy groups -OCH3 is 1. The molecule has 2 aliphatic heterocycles. The number of ether oxygens (including phenoxy) is 2. The van der Waals surface area contributed by atoms with E-state index in [9.17, 15) is 9.90 Å². The molecule has 0 unspecified atom stereocenters. The van der Waals surface area contributed by atoms with Crippen molar-refractivity contribution in [2.75, 3.05) is 39.8 Å². The van der Waals surface area contributed by atoms with Crippen LogP contribution in [0.4, 0.5) is 10.5 Å². The molecule has 5 rings (SSSR count). The van der Waals surface area contributed by atoms with Crippen LogP contribution in [-0.4, -0.2) is 66.4 Å². The van der Waals surface area contributed by atoms with E-state index >= 15 is 0 Å². The first-order valence-electron chi connectivity index (χ1n) is 13.5. The van der Waals surface area contributed by atoms with Crippen LogP contribution < -0.4 is 4.74 Å². The molecule has 0 aliphatic carbocycles. The lowest BCUT2D eigenvalue weighted by Crippen LogP contribution is -2.50. The SMILES string of the molecule is COc1ccc2c(O)c(C=C3N=Nc4ccccc43)oc2c1CCCCN1CCN(C(=O)OC(C)(C)C)CC1. The molecule has 1 fully saturated rings. The fourth-order valence-corrected chi connectivity index (χ4v) is 5.02. The Balaban J connectivity index is 1.22. The molecular formula is C30H36N4O5. The quantitative estimate of drug-likeness (QED) is 0.343. The minimum absolute atomic E-state index is 0.0869. The Morgan fingerprint density at radius 1 is 1.08 bits per heavy atom. The molecule has 3 aromatic rings. The number of hydrogen-bond acceptors (Lipinski definition) is 8. The van der Waals surface area contributed by atoms with E-state index in [1.54, 1.807) is 18.1 Å². The second-order valence-corrected chi connectivity index (χ2v) is 11.0. The molecule has 9 nitrogen and oxygen atoms in total. The van der Waals surface area contributed by atoms with Crippen LogP contribution in [0.25, 0.3) is 22.7 Å². The topological polar surface area (TPSA) is 100 Å². The van der Waals surface area contributed by atoms with E-state index in [1.807, 2.05) is 57.2 Å². The molecule has 1 saturated heterocycles. The lowest BCUT2D eigenvalue weighted by Gasteiger charge is -2.35. The van der Waals surface area contributed by atoms with Crippen LogP contribution in [0.5, 0.6) is 11.5 Å². The molecular weight excluding hydrogens is 496 g/mol. The summed E-state index contributed by atoms with van der Waals surface area (Å²) in [6.45, 7) is 9.64. The van der Waals surface area contributed by atoms with E-state index in [1.165, 1.54) is 0 Å². The zero-order chi connectivity index (χ0) is 27.6. The van der Waals surface area contributed by atoms with Crippen molar-refractivity contribution < 1.29 is 23.8 Å². The molecule has 1 amide bonds. The molecule has 0 saturated carbocycles. The van der Waals surface area contributed by atoms with E-state index in [0.29, 0.717) is 35.5 Å². The first-order valence-corrected chi connectivity index (χ1v) is 13.5. The molecule has 39 heavy (non-hydrogen) atoms. The number of fused-ring (bicyclic) bond motifs is 2. The number of aryl methyl sites for hydroxylation is 1. The summed E-state index contributed by atoms with van der Waals surface area (Å²) in [6, 6.07) is 11.4. The van der Waals surface area contributed by atoms with E-state index in [0.717, 1.165) is 61.5 Å². The number of hydrogen-bond donors (Lipinski definition) is 1. The molecule has 206 valence electrons. The number of rotatable bonds is 7. The number of azo groups is 1. The van der Waals surface area contributed by atoms with Crippen LogP contribution in [0.15, 0.2) is 51.0 Å². The van der Waals surface area contributed by atoms with Gasteiger partial charge in [-0.05, 0) is 64.8 Å². The Morgan fingerprint density at radius 2 is 1.85 bits per heavy atom. The van der Waals surface area contributed by atoms with Crippen molar-refractivity contribution in [3.63, 3.8) is 0 Å².